The second-order valence-electron chi connectivity index (χ2n) is 5.67. The molecule has 1 aromatic rings. The van der Waals surface area contributed by atoms with Gasteiger partial charge in [-0.3, -0.25) is 9.59 Å². The summed E-state index contributed by atoms with van der Waals surface area (Å²) in [5, 5.41) is 5.51. The summed E-state index contributed by atoms with van der Waals surface area (Å²) in [5.74, 6) is 0.711. The first-order valence-electron chi connectivity index (χ1n) is 7.86. The van der Waals surface area contributed by atoms with Crippen LogP contribution in [0.3, 0.4) is 0 Å². The van der Waals surface area contributed by atoms with Gasteiger partial charge in [-0.2, -0.15) is 0 Å². The second kappa shape index (κ2) is 8.41. The van der Waals surface area contributed by atoms with Gasteiger partial charge in [0.25, 0.3) is 0 Å². The Balaban J connectivity index is 1.53. The van der Waals surface area contributed by atoms with Crippen LogP contribution in [0.2, 0.25) is 0 Å². The predicted molar refractivity (Wildman–Crippen MR) is 84.7 cm³/mol. The third-order valence-electron chi connectivity index (χ3n) is 3.67. The number of carbonyl (C=O) groups is 2. The molecule has 0 spiro atoms. The fourth-order valence-corrected chi connectivity index (χ4v) is 2.18. The molecule has 120 valence electrons. The van der Waals surface area contributed by atoms with E-state index >= 15 is 0 Å². The maximum absolute atomic E-state index is 11.6. The van der Waals surface area contributed by atoms with Crippen LogP contribution >= 0.6 is 0 Å². The van der Waals surface area contributed by atoms with Crippen LogP contribution in [0.25, 0.3) is 0 Å². The Morgan fingerprint density at radius 3 is 2.50 bits per heavy atom. The summed E-state index contributed by atoms with van der Waals surface area (Å²) in [6.07, 6.45) is 5.30. The zero-order valence-corrected chi connectivity index (χ0v) is 13.1. The average Bonchev–Trinajstić information content (AvgIpc) is 3.34. The first-order chi connectivity index (χ1) is 10.7. The molecule has 0 aliphatic heterocycles. The standard InChI is InChI=1S/C17H24N2O3/c1-22-15-10-6-13(7-11-15)4-2-3-5-16(20)18-12-17(21)19-14-8-9-14/h6-7,10-11,14H,2-5,8-9,12H2,1H3,(H,18,20)(H,19,21). The van der Waals surface area contributed by atoms with Crippen LogP contribution in [0.4, 0.5) is 0 Å². The van der Waals surface area contributed by atoms with Crippen molar-refractivity contribution in [3.05, 3.63) is 29.8 Å². The third-order valence-corrected chi connectivity index (χ3v) is 3.67. The van der Waals surface area contributed by atoms with E-state index < -0.39 is 0 Å². The van der Waals surface area contributed by atoms with Crippen LogP contribution in [-0.2, 0) is 16.0 Å². The van der Waals surface area contributed by atoms with Gasteiger partial charge < -0.3 is 15.4 Å². The summed E-state index contributed by atoms with van der Waals surface area (Å²) in [4.78, 5) is 23.1. The number of benzene rings is 1. The molecular weight excluding hydrogens is 280 g/mol. The molecule has 22 heavy (non-hydrogen) atoms. The van der Waals surface area contributed by atoms with Crippen molar-refractivity contribution in [2.45, 2.75) is 44.6 Å². The molecule has 0 saturated heterocycles. The summed E-state index contributed by atoms with van der Waals surface area (Å²) in [7, 11) is 1.65. The Hall–Kier alpha value is -2.04. The van der Waals surface area contributed by atoms with E-state index in [4.69, 9.17) is 4.74 Å². The van der Waals surface area contributed by atoms with E-state index in [1.165, 1.54) is 5.56 Å². The van der Waals surface area contributed by atoms with Crippen molar-refractivity contribution in [1.82, 2.24) is 10.6 Å². The minimum absolute atomic E-state index is 0.0549. The van der Waals surface area contributed by atoms with Crippen molar-refractivity contribution >= 4 is 11.8 Å². The van der Waals surface area contributed by atoms with Gasteiger partial charge in [0, 0.05) is 12.5 Å². The van der Waals surface area contributed by atoms with E-state index in [1.54, 1.807) is 7.11 Å². The topological polar surface area (TPSA) is 67.4 Å². The Bertz CT molecular complexity index is 495. The van der Waals surface area contributed by atoms with Crippen molar-refractivity contribution < 1.29 is 14.3 Å². The number of methoxy groups -OCH3 is 1. The molecule has 0 heterocycles. The highest BCUT2D eigenvalue weighted by Gasteiger charge is 2.22. The van der Waals surface area contributed by atoms with E-state index in [2.05, 4.69) is 10.6 Å². The number of unbranched alkanes of at least 4 members (excludes halogenated alkanes) is 1. The summed E-state index contributed by atoms with van der Waals surface area (Å²) in [6.45, 7) is 0.0911. The van der Waals surface area contributed by atoms with E-state index in [0.29, 0.717) is 12.5 Å². The largest absolute Gasteiger partial charge is 0.497 e. The summed E-state index contributed by atoms with van der Waals surface area (Å²) < 4.78 is 5.11. The first kappa shape index (κ1) is 16.3. The number of nitrogens with one attached hydrogen (secondary N) is 2. The second-order valence-corrected chi connectivity index (χ2v) is 5.67. The van der Waals surface area contributed by atoms with Crippen LogP contribution in [0.1, 0.15) is 37.7 Å². The monoisotopic (exact) mass is 304 g/mol. The number of carbonyl (C=O) groups excluding carboxylic acids is 2. The van der Waals surface area contributed by atoms with Crippen LogP contribution in [0.15, 0.2) is 24.3 Å². The van der Waals surface area contributed by atoms with Crippen molar-refractivity contribution in [2.75, 3.05) is 13.7 Å². The lowest BCUT2D eigenvalue weighted by Crippen LogP contribution is -2.37. The molecule has 0 unspecified atom stereocenters. The molecule has 2 N–H and O–H groups in total. The molecule has 1 aliphatic carbocycles. The van der Waals surface area contributed by atoms with Crippen molar-refractivity contribution in [1.29, 1.82) is 0 Å². The number of ether oxygens (including phenoxy) is 1. The van der Waals surface area contributed by atoms with Gasteiger partial charge in [-0.15, -0.1) is 0 Å². The fourth-order valence-electron chi connectivity index (χ4n) is 2.18. The van der Waals surface area contributed by atoms with Gasteiger partial charge in [-0.05, 0) is 49.8 Å². The fraction of sp³-hybridized carbons (Fsp3) is 0.529. The van der Waals surface area contributed by atoms with Crippen LogP contribution in [0.5, 0.6) is 5.75 Å². The molecular formula is C17H24N2O3. The van der Waals surface area contributed by atoms with Crippen molar-refractivity contribution in [2.24, 2.45) is 0 Å². The van der Waals surface area contributed by atoms with Crippen molar-refractivity contribution in [3.8, 4) is 5.75 Å². The molecule has 5 nitrogen and oxygen atoms in total. The van der Waals surface area contributed by atoms with Gasteiger partial charge in [-0.1, -0.05) is 12.1 Å². The number of aryl methyl sites for hydroxylation is 1. The predicted octanol–water partition coefficient (Wildman–Crippen LogP) is 1.80. The normalized spacial score (nSPS) is 13.5. The van der Waals surface area contributed by atoms with E-state index in [0.717, 1.165) is 37.9 Å². The summed E-state index contributed by atoms with van der Waals surface area (Å²) in [6, 6.07) is 8.32. The van der Waals surface area contributed by atoms with Gasteiger partial charge in [0.2, 0.25) is 11.8 Å². The quantitative estimate of drug-likeness (QED) is 0.684. The minimum atomic E-state index is -0.0888. The van der Waals surface area contributed by atoms with Gasteiger partial charge in [-0.25, -0.2) is 0 Å². The first-order valence-corrected chi connectivity index (χ1v) is 7.86. The van der Waals surface area contributed by atoms with Crippen molar-refractivity contribution in [3.63, 3.8) is 0 Å². The molecule has 0 radical (unpaired) electrons. The zero-order valence-electron chi connectivity index (χ0n) is 13.1. The molecule has 1 saturated carbocycles. The Morgan fingerprint density at radius 1 is 1.14 bits per heavy atom. The maximum Gasteiger partial charge on any atom is 0.239 e. The summed E-state index contributed by atoms with van der Waals surface area (Å²) >= 11 is 0. The van der Waals surface area contributed by atoms with Crippen LogP contribution < -0.4 is 15.4 Å². The SMILES string of the molecule is COc1ccc(CCCCC(=O)NCC(=O)NC2CC2)cc1. The highest BCUT2D eigenvalue weighted by Crippen LogP contribution is 2.18. The molecule has 0 atom stereocenters. The highest BCUT2D eigenvalue weighted by atomic mass is 16.5. The number of amides is 2. The number of hydrogen-bond donors (Lipinski definition) is 2. The minimum Gasteiger partial charge on any atom is -0.497 e. The highest BCUT2D eigenvalue weighted by molar-refractivity contribution is 5.84. The lowest BCUT2D eigenvalue weighted by Gasteiger charge is -2.06. The van der Waals surface area contributed by atoms with Crippen LogP contribution in [0, 0.1) is 0 Å². The smallest absolute Gasteiger partial charge is 0.239 e. The zero-order chi connectivity index (χ0) is 15.8. The molecule has 1 aliphatic rings. The molecule has 1 fully saturated rings. The van der Waals surface area contributed by atoms with E-state index in [9.17, 15) is 9.59 Å². The van der Waals surface area contributed by atoms with Gasteiger partial charge >= 0.3 is 0 Å². The lowest BCUT2D eigenvalue weighted by atomic mass is 10.1. The number of rotatable bonds is 9. The van der Waals surface area contributed by atoms with Crippen LogP contribution in [-0.4, -0.2) is 31.5 Å². The van der Waals surface area contributed by atoms with Gasteiger partial charge in [0.1, 0.15) is 5.75 Å². The van der Waals surface area contributed by atoms with Gasteiger partial charge in [0.05, 0.1) is 13.7 Å². The Morgan fingerprint density at radius 2 is 1.86 bits per heavy atom. The molecule has 2 amide bonds. The molecule has 0 bridgehead atoms. The Labute approximate surface area is 131 Å². The Kier molecular flexibility index (Phi) is 6.25. The van der Waals surface area contributed by atoms with E-state index in [-0.39, 0.29) is 18.4 Å². The van der Waals surface area contributed by atoms with E-state index in [1.807, 2.05) is 24.3 Å². The molecule has 5 heteroatoms. The summed E-state index contributed by atoms with van der Waals surface area (Å²) in [5.41, 5.74) is 1.24. The third kappa shape index (κ3) is 6.16. The molecule has 2 rings (SSSR count). The molecule has 1 aromatic carbocycles. The lowest BCUT2D eigenvalue weighted by molar-refractivity contribution is -0.126. The van der Waals surface area contributed by atoms with Gasteiger partial charge in [0.15, 0.2) is 0 Å². The average molecular weight is 304 g/mol. The molecule has 0 aromatic heterocycles. The maximum atomic E-state index is 11.6. The number of hydrogen-bond acceptors (Lipinski definition) is 3.